The zero-order valence-electron chi connectivity index (χ0n) is 19.6. The normalized spacial score (nSPS) is 14.2. The number of pyridine rings is 1. The molecular weight excluding hydrogens is 442 g/mol. The molecule has 2 aliphatic rings. The van der Waals surface area contributed by atoms with Crippen LogP contribution in [0.1, 0.15) is 40.9 Å². The first-order valence-electron chi connectivity index (χ1n) is 12.2. The molecule has 7 rings (SSSR count). The minimum absolute atomic E-state index is 0.649. The van der Waals surface area contributed by atoms with E-state index in [0.29, 0.717) is 5.56 Å². The van der Waals surface area contributed by atoms with Crippen LogP contribution in [-0.2, 0) is 12.8 Å². The molecule has 0 spiro atoms. The lowest BCUT2D eigenvalue weighted by Crippen LogP contribution is -2.11. The molecule has 0 N–H and O–H groups in total. The number of para-hydroxylation sites is 1. The predicted octanol–water partition coefficient (Wildman–Crippen LogP) is 6.65. The van der Waals surface area contributed by atoms with Crippen LogP contribution in [0.2, 0.25) is 0 Å². The van der Waals surface area contributed by atoms with E-state index in [2.05, 4.69) is 63.8 Å². The molecule has 5 nitrogen and oxygen atoms in total. The van der Waals surface area contributed by atoms with Crippen LogP contribution in [-0.4, -0.2) is 14.1 Å². The van der Waals surface area contributed by atoms with Crippen molar-refractivity contribution in [1.29, 1.82) is 10.5 Å². The van der Waals surface area contributed by atoms with Crippen molar-refractivity contribution in [3.63, 3.8) is 0 Å². The van der Waals surface area contributed by atoms with Crippen molar-refractivity contribution < 1.29 is 0 Å². The molecule has 3 aromatic heterocycles. The van der Waals surface area contributed by atoms with E-state index in [-0.39, 0.29) is 0 Å². The number of aromatic nitrogens is 3. The van der Waals surface area contributed by atoms with Crippen LogP contribution in [0.4, 0.5) is 0 Å². The number of nitrogens with zero attached hydrogens (tertiary/aromatic N) is 5. The lowest BCUT2D eigenvalue weighted by Gasteiger charge is -2.17. The number of hydrogen-bond donors (Lipinski definition) is 0. The Bertz CT molecular complexity index is 1860. The van der Waals surface area contributed by atoms with Crippen molar-refractivity contribution in [3.05, 3.63) is 100 Å². The third-order valence-corrected chi connectivity index (χ3v) is 7.36. The Balaban J connectivity index is 1.48. The van der Waals surface area contributed by atoms with E-state index in [1.54, 1.807) is 0 Å². The predicted molar refractivity (Wildman–Crippen MR) is 142 cm³/mol. The summed E-state index contributed by atoms with van der Waals surface area (Å²) >= 11 is 0. The van der Waals surface area contributed by atoms with E-state index in [1.807, 2.05) is 36.4 Å². The molecular formula is C31H21N5. The highest BCUT2D eigenvalue weighted by atomic mass is 15.1. The first-order chi connectivity index (χ1) is 17.8. The number of hydrogen-bond acceptors (Lipinski definition) is 3. The molecule has 0 amide bonds. The smallest absolute Gasteiger partial charge is 0.140 e. The molecule has 5 aromatic rings. The van der Waals surface area contributed by atoms with Crippen LogP contribution in [0.15, 0.2) is 72.3 Å². The first kappa shape index (κ1) is 20.5. The summed E-state index contributed by atoms with van der Waals surface area (Å²) in [7, 11) is 0. The van der Waals surface area contributed by atoms with Gasteiger partial charge in [0, 0.05) is 38.9 Å². The van der Waals surface area contributed by atoms with Crippen LogP contribution in [0.3, 0.4) is 0 Å². The van der Waals surface area contributed by atoms with Gasteiger partial charge in [-0.2, -0.15) is 10.5 Å². The Morgan fingerprint density at radius 2 is 1.53 bits per heavy atom. The summed E-state index contributed by atoms with van der Waals surface area (Å²) in [5.74, 6) is 1.74. The molecule has 170 valence electrons. The molecule has 0 fully saturated rings. The average Bonchev–Trinajstić information content (AvgIpc) is 3.45. The van der Waals surface area contributed by atoms with Gasteiger partial charge in [0.2, 0.25) is 0 Å². The minimum atomic E-state index is 0.649. The summed E-state index contributed by atoms with van der Waals surface area (Å²) in [6.07, 6.45) is 10.0. The quantitative estimate of drug-likeness (QED) is 0.294. The molecule has 0 radical (unpaired) electrons. The summed E-state index contributed by atoms with van der Waals surface area (Å²) in [4.78, 5) is 5.21. The van der Waals surface area contributed by atoms with Crippen molar-refractivity contribution in [2.45, 2.75) is 25.7 Å². The van der Waals surface area contributed by atoms with Crippen LogP contribution < -0.4 is 0 Å². The molecule has 2 aromatic carbocycles. The molecule has 36 heavy (non-hydrogen) atoms. The number of nitriles is 2. The van der Waals surface area contributed by atoms with Crippen molar-refractivity contribution in [2.75, 3.05) is 0 Å². The van der Waals surface area contributed by atoms with Gasteiger partial charge in [-0.1, -0.05) is 36.4 Å². The Morgan fingerprint density at radius 3 is 2.39 bits per heavy atom. The van der Waals surface area contributed by atoms with Gasteiger partial charge in [-0.15, -0.1) is 0 Å². The summed E-state index contributed by atoms with van der Waals surface area (Å²) in [5.41, 5.74) is 8.46. The van der Waals surface area contributed by atoms with Gasteiger partial charge in [-0.05, 0) is 68.2 Å². The molecule has 3 heterocycles. The molecule has 5 heteroatoms. The fourth-order valence-electron chi connectivity index (χ4n) is 5.79. The van der Waals surface area contributed by atoms with E-state index >= 15 is 0 Å². The fourth-order valence-corrected chi connectivity index (χ4v) is 5.79. The van der Waals surface area contributed by atoms with Gasteiger partial charge in [0.1, 0.15) is 11.6 Å². The highest BCUT2D eigenvalue weighted by Crippen LogP contribution is 2.37. The molecule has 0 aliphatic heterocycles. The second kappa shape index (κ2) is 7.83. The van der Waals surface area contributed by atoms with Crippen molar-refractivity contribution in [3.8, 4) is 23.8 Å². The lowest BCUT2D eigenvalue weighted by molar-refractivity contribution is 0.789. The summed E-state index contributed by atoms with van der Waals surface area (Å²) in [5, 5.41) is 21.1. The largest absolute Gasteiger partial charge is 0.301 e. The number of rotatable bonds is 2. The summed E-state index contributed by atoms with van der Waals surface area (Å²) in [6, 6.07) is 24.9. The SMILES string of the molecule is N#CC1=Cc2c3c(n(-c4cccc(-n5c6ccccc6c6cc(C#N)ccc65)n4)c2CC1)CCC=C3. The maximum atomic E-state index is 9.52. The Morgan fingerprint density at radius 1 is 0.722 bits per heavy atom. The Hall–Kier alpha value is -4.87. The number of benzene rings is 2. The van der Waals surface area contributed by atoms with Gasteiger partial charge in [0.15, 0.2) is 0 Å². The zero-order chi connectivity index (χ0) is 24.2. The third kappa shape index (κ3) is 2.90. The fraction of sp³-hybridized carbons (Fsp3) is 0.129. The third-order valence-electron chi connectivity index (χ3n) is 7.36. The minimum Gasteiger partial charge on any atom is -0.301 e. The van der Waals surface area contributed by atoms with Crippen molar-refractivity contribution in [1.82, 2.24) is 14.1 Å². The van der Waals surface area contributed by atoms with E-state index in [9.17, 15) is 10.5 Å². The van der Waals surface area contributed by atoms with E-state index in [4.69, 9.17) is 4.98 Å². The highest BCUT2D eigenvalue weighted by Gasteiger charge is 2.26. The van der Waals surface area contributed by atoms with Crippen LogP contribution >= 0.6 is 0 Å². The number of fused-ring (bicyclic) bond motifs is 6. The van der Waals surface area contributed by atoms with Crippen LogP contribution in [0, 0.1) is 22.7 Å². The Kier molecular flexibility index (Phi) is 4.46. The van der Waals surface area contributed by atoms with Gasteiger partial charge >= 0.3 is 0 Å². The van der Waals surface area contributed by atoms with Gasteiger partial charge in [-0.3, -0.25) is 4.57 Å². The van der Waals surface area contributed by atoms with E-state index < -0.39 is 0 Å². The number of allylic oxidation sites excluding steroid dienone is 2. The monoisotopic (exact) mass is 463 g/mol. The Labute approximate surface area is 208 Å². The highest BCUT2D eigenvalue weighted by molar-refractivity contribution is 6.09. The molecule has 0 atom stereocenters. The standard InChI is InChI=1S/C31H21N5/c32-18-20-12-14-28-24(16-20)22-6-1-3-8-26(22)35(28)30-10-5-11-31(34-30)36-27-9-4-2-7-23(27)25-17-21(19-33)13-15-29(25)36/h1-3,5-8,10-12,14,16-17H,4,9,13,15H2. The lowest BCUT2D eigenvalue weighted by atomic mass is 9.93. The molecule has 0 unspecified atom stereocenters. The van der Waals surface area contributed by atoms with Crippen LogP contribution in [0.25, 0.3) is 45.6 Å². The maximum absolute atomic E-state index is 9.52. The van der Waals surface area contributed by atoms with Gasteiger partial charge in [-0.25, -0.2) is 4.98 Å². The second-order valence-corrected chi connectivity index (χ2v) is 9.33. The molecule has 0 saturated carbocycles. The average molecular weight is 464 g/mol. The van der Waals surface area contributed by atoms with Gasteiger partial charge in [0.25, 0.3) is 0 Å². The van der Waals surface area contributed by atoms with Gasteiger partial charge in [0.05, 0.1) is 28.7 Å². The second-order valence-electron chi connectivity index (χ2n) is 9.33. The van der Waals surface area contributed by atoms with Gasteiger partial charge < -0.3 is 4.57 Å². The van der Waals surface area contributed by atoms with Crippen molar-refractivity contribution >= 4 is 34.0 Å². The molecule has 2 aliphatic carbocycles. The summed E-state index contributed by atoms with van der Waals surface area (Å²) in [6.45, 7) is 0. The zero-order valence-corrected chi connectivity index (χ0v) is 19.6. The maximum Gasteiger partial charge on any atom is 0.140 e. The van der Waals surface area contributed by atoms with E-state index in [0.717, 1.165) is 70.3 Å². The first-order valence-corrected chi connectivity index (χ1v) is 12.2. The molecule has 0 saturated heterocycles. The summed E-state index contributed by atoms with van der Waals surface area (Å²) < 4.78 is 4.51. The molecule has 0 bridgehead atoms. The topological polar surface area (TPSA) is 70.3 Å². The van der Waals surface area contributed by atoms with Crippen LogP contribution in [0.5, 0.6) is 0 Å². The van der Waals surface area contributed by atoms with Crippen molar-refractivity contribution in [2.24, 2.45) is 0 Å². The van der Waals surface area contributed by atoms with E-state index in [1.165, 1.54) is 17.0 Å².